The van der Waals surface area contributed by atoms with Crippen molar-refractivity contribution >= 4 is 11.8 Å². The Morgan fingerprint density at radius 3 is 2.50 bits per heavy atom. The van der Waals surface area contributed by atoms with E-state index in [1.807, 2.05) is 11.8 Å². The molecule has 0 aromatic rings. The first-order valence-electron chi connectivity index (χ1n) is 2.20. The van der Waals surface area contributed by atoms with Gasteiger partial charge < -0.3 is 5.73 Å². The van der Waals surface area contributed by atoms with Gasteiger partial charge in [-0.3, -0.25) is 0 Å². The van der Waals surface area contributed by atoms with Crippen LogP contribution in [0.5, 0.6) is 0 Å². The molecule has 6 heavy (non-hydrogen) atoms. The standard InChI is InChI=1S/C4H11NS/c1-6-4-2-3-5/h2-5H2,1H3/p+1. The zero-order chi connectivity index (χ0) is 4.83. The van der Waals surface area contributed by atoms with Crippen molar-refractivity contribution in [2.75, 3.05) is 18.6 Å². The third-order valence-electron chi connectivity index (χ3n) is 0.598. The average Bonchev–Trinajstić information content (AvgIpc) is 1.61. The second kappa shape index (κ2) is 5.31. The lowest BCUT2D eigenvalue weighted by atomic mass is 10.5. The van der Waals surface area contributed by atoms with Gasteiger partial charge in [-0.15, -0.1) is 0 Å². The third kappa shape index (κ3) is 4.31. The van der Waals surface area contributed by atoms with E-state index in [4.69, 9.17) is 0 Å². The van der Waals surface area contributed by atoms with Crippen molar-refractivity contribution in [3.8, 4) is 0 Å². The highest BCUT2D eigenvalue weighted by atomic mass is 32.2. The maximum atomic E-state index is 3.71. The Kier molecular flexibility index (Phi) is 5.58. The van der Waals surface area contributed by atoms with Crippen molar-refractivity contribution in [2.45, 2.75) is 6.42 Å². The Bertz CT molecular complexity index is 19.5. The number of rotatable bonds is 3. The van der Waals surface area contributed by atoms with Crippen molar-refractivity contribution in [3.63, 3.8) is 0 Å². The summed E-state index contributed by atoms with van der Waals surface area (Å²) in [7, 11) is 0. The first kappa shape index (κ1) is 6.31. The highest BCUT2D eigenvalue weighted by molar-refractivity contribution is 7.98. The average molecular weight is 106 g/mol. The normalized spacial score (nSPS) is 9.00. The van der Waals surface area contributed by atoms with E-state index in [2.05, 4.69) is 12.0 Å². The molecule has 0 saturated heterocycles. The maximum absolute atomic E-state index is 3.71. The maximum Gasteiger partial charge on any atom is 0.0747 e. The Labute approximate surface area is 43.3 Å². The Balaban J connectivity index is 2.34. The highest BCUT2D eigenvalue weighted by Crippen LogP contribution is 1.90. The van der Waals surface area contributed by atoms with Gasteiger partial charge in [-0.05, 0) is 12.0 Å². The van der Waals surface area contributed by atoms with E-state index in [0.29, 0.717) is 0 Å². The molecular weight excluding hydrogens is 94.1 g/mol. The van der Waals surface area contributed by atoms with E-state index >= 15 is 0 Å². The lowest BCUT2D eigenvalue weighted by molar-refractivity contribution is -0.367. The molecule has 0 unspecified atom stereocenters. The van der Waals surface area contributed by atoms with Gasteiger partial charge in [0.15, 0.2) is 0 Å². The first-order valence-corrected chi connectivity index (χ1v) is 3.59. The molecule has 0 aromatic carbocycles. The molecule has 0 amide bonds. The molecule has 0 aliphatic heterocycles. The number of hydrogen-bond acceptors (Lipinski definition) is 1. The number of quaternary nitrogens is 1. The van der Waals surface area contributed by atoms with Gasteiger partial charge in [-0.25, -0.2) is 0 Å². The van der Waals surface area contributed by atoms with E-state index < -0.39 is 0 Å². The second-order valence-corrected chi connectivity index (χ2v) is 2.19. The SMILES string of the molecule is CSCCC[NH3+]. The van der Waals surface area contributed by atoms with Crippen molar-refractivity contribution < 1.29 is 5.73 Å². The lowest BCUT2D eigenvalue weighted by Crippen LogP contribution is -2.50. The van der Waals surface area contributed by atoms with Gasteiger partial charge in [0, 0.05) is 6.42 Å². The van der Waals surface area contributed by atoms with Crippen LogP contribution in [0.15, 0.2) is 0 Å². The summed E-state index contributed by atoms with van der Waals surface area (Å²) in [6.45, 7) is 1.08. The smallest absolute Gasteiger partial charge is 0.0747 e. The van der Waals surface area contributed by atoms with Crippen LogP contribution in [-0.2, 0) is 0 Å². The van der Waals surface area contributed by atoms with Crippen LogP contribution in [0.3, 0.4) is 0 Å². The van der Waals surface area contributed by atoms with Crippen molar-refractivity contribution in [2.24, 2.45) is 0 Å². The molecule has 38 valence electrons. The van der Waals surface area contributed by atoms with Crippen LogP contribution in [0.2, 0.25) is 0 Å². The fourth-order valence-electron chi connectivity index (χ4n) is 0.246. The van der Waals surface area contributed by atoms with Gasteiger partial charge in [0.05, 0.1) is 6.54 Å². The summed E-state index contributed by atoms with van der Waals surface area (Å²) in [5, 5.41) is 0. The Hall–Kier alpha value is 0.310. The van der Waals surface area contributed by atoms with Crippen LogP contribution < -0.4 is 5.73 Å². The van der Waals surface area contributed by atoms with Gasteiger partial charge in [0.2, 0.25) is 0 Å². The van der Waals surface area contributed by atoms with Crippen molar-refractivity contribution in [3.05, 3.63) is 0 Å². The van der Waals surface area contributed by atoms with E-state index in [0.717, 1.165) is 6.54 Å². The fourth-order valence-corrected chi connectivity index (χ4v) is 0.739. The molecule has 0 fully saturated rings. The van der Waals surface area contributed by atoms with Crippen LogP contribution in [0.25, 0.3) is 0 Å². The van der Waals surface area contributed by atoms with Gasteiger partial charge in [0.1, 0.15) is 0 Å². The minimum atomic E-state index is 1.08. The molecule has 0 radical (unpaired) electrons. The summed E-state index contributed by atoms with van der Waals surface area (Å²) in [6, 6.07) is 0. The molecule has 0 spiro atoms. The lowest BCUT2D eigenvalue weighted by Gasteiger charge is -1.84. The predicted molar refractivity (Wildman–Crippen MR) is 30.8 cm³/mol. The molecule has 0 heterocycles. The zero-order valence-electron chi connectivity index (χ0n) is 4.24. The minimum absolute atomic E-state index is 1.08. The summed E-state index contributed by atoms with van der Waals surface area (Å²) in [4.78, 5) is 0. The minimum Gasteiger partial charge on any atom is -0.358 e. The van der Waals surface area contributed by atoms with Gasteiger partial charge in [-0.1, -0.05) is 0 Å². The van der Waals surface area contributed by atoms with Crippen LogP contribution in [-0.4, -0.2) is 18.6 Å². The number of hydrogen-bond donors (Lipinski definition) is 1. The predicted octanol–water partition coefficient (Wildman–Crippen LogP) is -0.0186. The van der Waals surface area contributed by atoms with E-state index in [1.54, 1.807) is 0 Å². The van der Waals surface area contributed by atoms with Crippen molar-refractivity contribution in [1.82, 2.24) is 0 Å². The molecule has 0 aliphatic carbocycles. The van der Waals surface area contributed by atoms with Crippen molar-refractivity contribution in [1.29, 1.82) is 0 Å². The molecule has 0 atom stereocenters. The van der Waals surface area contributed by atoms with Gasteiger partial charge in [0.25, 0.3) is 0 Å². The first-order chi connectivity index (χ1) is 2.91. The second-order valence-electron chi connectivity index (χ2n) is 1.20. The number of thioether (sulfide) groups is 1. The fraction of sp³-hybridized carbons (Fsp3) is 1.00. The summed E-state index contributed by atoms with van der Waals surface area (Å²) in [5.74, 6) is 1.27. The van der Waals surface area contributed by atoms with E-state index in [1.165, 1.54) is 12.2 Å². The zero-order valence-corrected chi connectivity index (χ0v) is 5.05. The summed E-state index contributed by atoms with van der Waals surface area (Å²) >= 11 is 1.89. The highest BCUT2D eigenvalue weighted by Gasteiger charge is 1.78. The molecule has 1 nitrogen and oxygen atoms in total. The molecule has 0 aromatic heterocycles. The van der Waals surface area contributed by atoms with Gasteiger partial charge >= 0.3 is 0 Å². The largest absolute Gasteiger partial charge is 0.358 e. The Morgan fingerprint density at radius 1 is 1.67 bits per heavy atom. The quantitative estimate of drug-likeness (QED) is 0.503. The molecule has 0 aliphatic rings. The molecule has 0 bridgehead atoms. The van der Waals surface area contributed by atoms with Crippen LogP contribution >= 0.6 is 11.8 Å². The summed E-state index contributed by atoms with van der Waals surface area (Å²) < 4.78 is 0. The monoisotopic (exact) mass is 106 g/mol. The van der Waals surface area contributed by atoms with Crippen LogP contribution in [0.4, 0.5) is 0 Å². The van der Waals surface area contributed by atoms with Crippen LogP contribution in [0, 0.1) is 0 Å². The van der Waals surface area contributed by atoms with Gasteiger partial charge in [-0.2, -0.15) is 11.8 Å². The topological polar surface area (TPSA) is 27.6 Å². The molecular formula is C4H12NS+. The van der Waals surface area contributed by atoms with E-state index in [9.17, 15) is 0 Å². The third-order valence-corrected chi connectivity index (χ3v) is 1.30. The summed E-state index contributed by atoms with van der Waals surface area (Å²) in [6.07, 6.45) is 3.39. The molecule has 0 saturated carbocycles. The molecule has 0 rings (SSSR count). The summed E-state index contributed by atoms with van der Waals surface area (Å²) in [5.41, 5.74) is 3.71. The van der Waals surface area contributed by atoms with E-state index in [-0.39, 0.29) is 0 Å². The van der Waals surface area contributed by atoms with Crippen LogP contribution in [0.1, 0.15) is 6.42 Å². The molecule has 2 heteroatoms. The molecule has 3 N–H and O–H groups in total. The Morgan fingerprint density at radius 2 is 2.33 bits per heavy atom.